The molecular formula is C16H12ClN3O4. The SMILES string of the molecule is COc1ccc(Cl)cc1Cn1cnc2cc([N+](=O)[O-])ccc2c1=O. The first-order chi connectivity index (χ1) is 11.5. The van der Waals surface area contributed by atoms with Crippen LogP contribution in [0.4, 0.5) is 5.69 Å². The van der Waals surface area contributed by atoms with Crippen molar-refractivity contribution in [2.75, 3.05) is 7.11 Å². The van der Waals surface area contributed by atoms with Crippen LogP contribution >= 0.6 is 11.6 Å². The number of hydrogen-bond acceptors (Lipinski definition) is 5. The van der Waals surface area contributed by atoms with E-state index < -0.39 is 4.92 Å². The van der Waals surface area contributed by atoms with E-state index in [0.717, 1.165) is 5.56 Å². The predicted octanol–water partition coefficient (Wildman–Crippen LogP) is 3.02. The number of benzene rings is 2. The van der Waals surface area contributed by atoms with E-state index in [0.29, 0.717) is 16.2 Å². The van der Waals surface area contributed by atoms with Crippen LogP contribution in [-0.2, 0) is 6.54 Å². The normalized spacial score (nSPS) is 10.8. The number of nitro benzene ring substituents is 1. The number of fused-ring (bicyclic) bond motifs is 1. The van der Waals surface area contributed by atoms with Crippen LogP contribution in [0.5, 0.6) is 5.75 Å². The van der Waals surface area contributed by atoms with Gasteiger partial charge in [-0.15, -0.1) is 0 Å². The molecule has 0 atom stereocenters. The summed E-state index contributed by atoms with van der Waals surface area (Å²) in [7, 11) is 1.54. The molecule has 0 aliphatic carbocycles. The van der Waals surface area contributed by atoms with Crippen LogP contribution in [0.1, 0.15) is 5.56 Å². The summed E-state index contributed by atoms with van der Waals surface area (Å²) < 4.78 is 6.68. The standard InChI is InChI=1S/C16H12ClN3O4/c1-24-15-5-2-11(17)6-10(15)8-19-9-18-14-7-12(20(22)23)3-4-13(14)16(19)21/h2-7,9H,8H2,1H3. The molecule has 0 saturated carbocycles. The molecule has 0 unspecified atom stereocenters. The number of hydrogen-bond donors (Lipinski definition) is 0. The van der Waals surface area contributed by atoms with Crippen molar-refractivity contribution in [3.05, 3.63) is 73.8 Å². The number of aromatic nitrogens is 2. The lowest BCUT2D eigenvalue weighted by molar-refractivity contribution is -0.384. The summed E-state index contributed by atoms with van der Waals surface area (Å²) in [5.74, 6) is 0.607. The van der Waals surface area contributed by atoms with Gasteiger partial charge >= 0.3 is 0 Å². The van der Waals surface area contributed by atoms with Crippen molar-refractivity contribution in [2.45, 2.75) is 6.54 Å². The van der Waals surface area contributed by atoms with Gasteiger partial charge in [0, 0.05) is 22.7 Å². The van der Waals surface area contributed by atoms with Crippen LogP contribution in [0.25, 0.3) is 10.9 Å². The van der Waals surface area contributed by atoms with Gasteiger partial charge in [0.05, 0.1) is 35.8 Å². The molecule has 0 aliphatic rings. The Kier molecular flexibility index (Phi) is 4.18. The third kappa shape index (κ3) is 2.93. The number of nitro groups is 1. The maximum Gasteiger partial charge on any atom is 0.271 e. The summed E-state index contributed by atoms with van der Waals surface area (Å²) in [6.07, 6.45) is 1.36. The molecule has 2 aromatic carbocycles. The fourth-order valence-electron chi connectivity index (χ4n) is 2.43. The molecule has 3 rings (SSSR count). The smallest absolute Gasteiger partial charge is 0.271 e. The summed E-state index contributed by atoms with van der Waals surface area (Å²) in [6.45, 7) is 0.225. The zero-order valence-electron chi connectivity index (χ0n) is 12.6. The Balaban J connectivity index is 2.07. The van der Waals surface area contributed by atoms with Crippen molar-refractivity contribution in [3.63, 3.8) is 0 Å². The van der Waals surface area contributed by atoms with Crippen LogP contribution in [0.3, 0.4) is 0 Å². The van der Waals surface area contributed by atoms with E-state index in [1.807, 2.05) is 0 Å². The molecule has 8 heteroatoms. The van der Waals surface area contributed by atoms with E-state index in [2.05, 4.69) is 4.98 Å². The molecule has 122 valence electrons. The molecule has 3 aromatic rings. The molecule has 0 aliphatic heterocycles. The lowest BCUT2D eigenvalue weighted by Crippen LogP contribution is -2.21. The summed E-state index contributed by atoms with van der Waals surface area (Å²) in [4.78, 5) is 27.0. The van der Waals surface area contributed by atoms with Gasteiger partial charge in [-0.2, -0.15) is 0 Å². The summed E-state index contributed by atoms with van der Waals surface area (Å²) in [5, 5.41) is 11.6. The third-order valence-electron chi connectivity index (χ3n) is 3.60. The molecule has 0 bridgehead atoms. The van der Waals surface area contributed by atoms with E-state index in [1.165, 1.54) is 36.2 Å². The minimum absolute atomic E-state index is 0.108. The van der Waals surface area contributed by atoms with Gasteiger partial charge in [-0.1, -0.05) is 11.6 Å². The molecule has 0 amide bonds. The minimum Gasteiger partial charge on any atom is -0.496 e. The second kappa shape index (κ2) is 6.29. The van der Waals surface area contributed by atoms with Crippen molar-refractivity contribution in [1.82, 2.24) is 9.55 Å². The highest BCUT2D eigenvalue weighted by Crippen LogP contribution is 2.23. The molecule has 24 heavy (non-hydrogen) atoms. The average Bonchev–Trinajstić information content (AvgIpc) is 2.57. The minimum atomic E-state index is -0.524. The Morgan fingerprint density at radius 1 is 1.29 bits per heavy atom. The number of nitrogens with zero attached hydrogens (tertiary/aromatic N) is 3. The number of non-ortho nitro benzene ring substituents is 1. The first kappa shape index (κ1) is 15.9. The number of halogens is 1. The van der Waals surface area contributed by atoms with Gasteiger partial charge in [0.2, 0.25) is 0 Å². The predicted molar refractivity (Wildman–Crippen MR) is 89.8 cm³/mol. The fraction of sp³-hybridized carbons (Fsp3) is 0.125. The Labute approximate surface area is 141 Å². The maximum absolute atomic E-state index is 12.6. The van der Waals surface area contributed by atoms with E-state index in [1.54, 1.807) is 18.2 Å². The molecule has 1 aromatic heterocycles. The summed E-state index contributed by atoms with van der Waals surface area (Å²) >= 11 is 6.00. The number of methoxy groups -OCH3 is 1. The zero-order valence-corrected chi connectivity index (χ0v) is 13.4. The van der Waals surface area contributed by atoms with E-state index in [9.17, 15) is 14.9 Å². The fourth-order valence-corrected chi connectivity index (χ4v) is 2.62. The van der Waals surface area contributed by atoms with Crippen LogP contribution in [0.2, 0.25) is 5.02 Å². The Hall–Kier alpha value is -2.93. The van der Waals surface area contributed by atoms with Gasteiger partial charge in [0.15, 0.2) is 0 Å². The molecule has 0 spiro atoms. The average molecular weight is 346 g/mol. The Morgan fingerprint density at radius 3 is 2.79 bits per heavy atom. The van der Waals surface area contributed by atoms with Gasteiger partial charge < -0.3 is 4.74 Å². The van der Waals surface area contributed by atoms with Gasteiger partial charge in [-0.25, -0.2) is 4.98 Å². The van der Waals surface area contributed by atoms with E-state index in [4.69, 9.17) is 16.3 Å². The monoisotopic (exact) mass is 345 g/mol. The van der Waals surface area contributed by atoms with Gasteiger partial charge in [-0.3, -0.25) is 19.5 Å². The van der Waals surface area contributed by atoms with Gasteiger partial charge in [-0.05, 0) is 24.3 Å². The number of ether oxygens (including phenoxy) is 1. The van der Waals surface area contributed by atoms with Crippen molar-refractivity contribution in [2.24, 2.45) is 0 Å². The van der Waals surface area contributed by atoms with Crippen molar-refractivity contribution in [1.29, 1.82) is 0 Å². The molecular weight excluding hydrogens is 334 g/mol. The Bertz CT molecular complexity index is 1000. The lowest BCUT2D eigenvalue weighted by Gasteiger charge is -2.11. The number of rotatable bonds is 4. The highest BCUT2D eigenvalue weighted by atomic mass is 35.5. The maximum atomic E-state index is 12.6. The quantitative estimate of drug-likeness (QED) is 0.535. The molecule has 0 N–H and O–H groups in total. The molecule has 0 radical (unpaired) electrons. The van der Waals surface area contributed by atoms with Crippen LogP contribution in [0.15, 0.2) is 47.5 Å². The topological polar surface area (TPSA) is 87.3 Å². The van der Waals surface area contributed by atoms with Gasteiger partial charge in [0.1, 0.15) is 5.75 Å². The highest BCUT2D eigenvalue weighted by molar-refractivity contribution is 6.30. The zero-order chi connectivity index (χ0) is 17.3. The lowest BCUT2D eigenvalue weighted by atomic mass is 10.2. The first-order valence-electron chi connectivity index (χ1n) is 6.95. The second-order valence-electron chi connectivity index (χ2n) is 5.09. The van der Waals surface area contributed by atoms with Crippen LogP contribution < -0.4 is 10.3 Å². The van der Waals surface area contributed by atoms with Gasteiger partial charge in [0.25, 0.3) is 11.2 Å². The third-order valence-corrected chi connectivity index (χ3v) is 3.84. The highest BCUT2D eigenvalue weighted by Gasteiger charge is 2.12. The molecule has 0 fully saturated rings. The Morgan fingerprint density at radius 2 is 2.08 bits per heavy atom. The van der Waals surface area contributed by atoms with Crippen LogP contribution in [-0.4, -0.2) is 21.6 Å². The molecule has 1 heterocycles. The summed E-state index contributed by atoms with van der Waals surface area (Å²) in [6, 6.07) is 9.11. The largest absolute Gasteiger partial charge is 0.496 e. The van der Waals surface area contributed by atoms with E-state index in [-0.39, 0.29) is 23.3 Å². The summed E-state index contributed by atoms with van der Waals surface area (Å²) in [5.41, 5.74) is 0.610. The van der Waals surface area contributed by atoms with Crippen molar-refractivity contribution < 1.29 is 9.66 Å². The first-order valence-corrected chi connectivity index (χ1v) is 7.33. The van der Waals surface area contributed by atoms with Crippen molar-refractivity contribution >= 4 is 28.2 Å². The second-order valence-corrected chi connectivity index (χ2v) is 5.53. The molecule has 0 saturated heterocycles. The van der Waals surface area contributed by atoms with E-state index >= 15 is 0 Å². The molecule has 7 nitrogen and oxygen atoms in total. The van der Waals surface area contributed by atoms with Crippen molar-refractivity contribution in [3.8, 4) is 5.75 Å². The van der Waals surface area contributed by atoms with Crippen LogP contribution in [0, 0.1) is 10.1 Å².